The number of aromatic nitrogens is 2. The average molecular weight is 438 g/mol. The first kappa shape index (κ1) is 22.5. The van der Waals surface area contributed by atoms with Crippen LogP contribution >= 0.6 is 0 Å². The molecular weight excluding hydrogens is 394 g/mol. The molecule has 4 fully saturated rings. The van der Waals surface area contributed by atoms with E-state index < -0.39 is 5.60 Å². The van der Waals surface area contributed by atoms with Crippen LogP contribution in [0.15, 0.2) is 12.4 Å². The SMILES string of the molecule is C[C@H](Cn1cc(C#N)cn1)[C@H]1CCC2[C@@H]3CCC4CC[C@](C)(O)CC[C@]4(C)C3CC[C@@]21C. The van der Waals surface area contributed by atoms with E-state index in [1.54, 1.807) is 6.20 Å². The van der Waals surface area contributed by atoms with Crippen LogP contribution in [0, 0.1) is 57.7 Å². The molecule has 4 aliphatic carbocycles. The minimum atomic E-state index is -0.454. The lowest BCUT2D eigenvalue weighted by Gasteiger charge is -2.59. The van der Waals surface area contributed by atoms with Crippen molar-refractivity contribution in [3.63, 3.8) is 0 Å². The van der Waals surface area contributed by atoms with Gasteiger partial charge in [-0.05, 0) is 117 Å². The second-order valence-corrected chi connectivity index (χ2v) is 13.0. The fourth-order valence-corrected chi connectivity index (χ4v) is 9.47. The molecule has 1 aromatic heterocycles. The van der Waals surface area contributed by atoms with E-state index in [9.17, 15) is 5.11 Å². The fraction of sp³-hybridized carbons (Fsp3) is 0.857. The minimum Gasteiger partial charge on any atom is -0.390 e. The van der Waals surface area contributed by atoms with Crippen LogP contribution in [0.4, 0.5) is 0 Å². The van der Waals surface area contributed by atoms with E-state index in [2.05, 4.69) is 38.9 Å². The number of hydrogen-bond donors (Lipinski definition) is 1. The lowest BCUT2D eigenvalue weighted by Crippen LogP contribution is -2.52. The van der Waals surface area contributed by atoms with E-state index in [0.29, 0.717) is 22.3 Å². The Bertz CT molecular complexity index is 883. The third-order valence-electron chi connectivity index (χ3n) is 11.3. The lowest BCUT2D eigenvalue weighted by molar-refractivity contribution is -0.104. The van der Waals surface area contributed by atoms with Crippen molar-refractivity contribution in [2.75, 3.05) is 0 Å². The lowest BCUT2D eigenvalue weighted by atomic mass is 9.46. The van der Waals surface area contributed by atoms with Crippen molar-refractivity contribution in [2.45, 2.75) is 104 Å². The van der Waals surface area contributed by atoms with Gasteiger partial charge in [0.15, 0.2) is 0 Å². The Kier molecular flexibility index (Phi) is 5.52. The van der Waals surface area contributed by atoms with Crippen molar-refractivity contribution < 1.29 is 5.11 Å². The number of rotatable bonds is 3. The van der Waals surface area contributed by atoms with Crippen LogP contribution in [-0.4, -0.2) is 20.5 Å². The van der Waals surface area contributed by atoms with E-state index >= 15 is 0 Å². The molecule has 0 spiro atoms. The molecule has 0 amide bonds. The number of hydrogen-bond acceptors (Lipinski definition) is 3. The van der Waals surface area contributed by atoms with E-state index in [0.717, 1.165) is 49.0 Å². The van der Waals surface area contributed by atoms with Gasteiger partial charge in [-0.2, -0.15) is 10.4 Å². The summed E-state index contributed by atoms with van der Waals surface area (Å²) in [7, 11) is 0. The highest BCUT2D eigenvalue weighted by Gasteiger charge is 2.60. The Morgan fingerprint density at radius 1 is 1.03 bits per heavy atom. The van der Waals surface area contributed by atoms with Crippen molar-refractivity contribution in [1.29, 1.82) is 5.26 Å². The van der Waals surface area contributed by atoms with Crippen molar-refractivity contribution in [3.05, 3.63) is 18.0 Å². The molecule has 4 heteroatoms. The van der Waals surface area contributed by atoms with E-state index in [4.69, 9.17) is 5.26 Å². The molecule has 3 unspecified atom stereocenters. The molecule has 4 saturated carbocycles. The first-order chi connectivity index (χ1) is 15.2. The Morgan fingerprint density at radius 2 is 1.81 bits per heavy atom. The molecule has 176 valence electrons. The van der Waals surface area contributed by atoms with Crippen LogP contribution in [0.3, 0.4) is 0 Å². The summed E-state index contributed by atoms with van der Waals surface area (Å²) in [5, 5.41) is 24.4. The maximum absolute atomic E-state index is 10.8. The predicted molar refractivity (Wildman–Crippen MR) is 127 cm³/mol. The standard InChI is InChI=1S/C28H43N3O/c1-19(17-31-18-20(15-29)16-30-31)23-7-8-24-22-6-5-21-9-11-26(2,32)13-14-27(21,3)25(22)10-12-28(23,24)4/h16,18-19,21-25,32H,5-14,17H2,1-4H3/t19-,21?,22+,23-,24?,25?,26+,27+,28-/m1/s1. The highest BCUT2D eigenvalue weighted by atomic mass is 16.3. The zero-order valence-electron chi connectivity index (χ0n) is 20.7. The van der Waals surface area contributed by atoms with Crippen LogP contribution in [0.25, 0.3) is 0 Å². The van der Waals surface area contributed by atoms with Gasteiger partial charge < -0.3 is 5.11 Å². The first-order valence-electron chi connectivity index (χ1n) is 13.3. The Morgan fingerprint density at radius 3 is 2.56 bits per heavy atom. The van der Waals surface area contributed by atoms with Crippen molar-refractivity contribution >= 4 is 0 Å². The molecule has 32 heavy (non-hydrogen) atoms. The van der Waals surface area contributed by atoms with Gasteiger partial charge in [0.2, 0.25) is 0 Å². The summed E-state index contributed by atoms with van der Waals surface area (Å²) in [6.07, 6.45) is 16.3. The number of fused-ring (bicyclic) bond motifs is 5. The second kappa shape index (κ2) is 7.86. The molecular formula is C28H43N3O. The largest absolute Gasteiger partial charge is 0.390 e. The second-order valence-electron chi connectivity index (χ2n) is 13.0. The van der Waals surface area contributed by atoms with Crippen LogP contribution in [0.1, 0.15) is 97.5 Å². The Labute approximate surface area is 194 Å². The zero-order chi connectivity index (χ0) is 22.7. The molecule has 0 bridgehead atoms. The zero-order valence-corrected chi connectivity index (χ0v) is 20.7. The van der Waals surface area contributed by atoms with Crippen LogP contribution in [0.5, 0.6) is 0 Å². The molecule has 9 atom stereocenters. The summed E-state index contributed by atoms with van der Waals surface area (Å²) in [5.41, 5.74) is 1.09. The fourth-order valence-electron chi connectivity index (χ4n) is 9.47. The van der Waals surface area contributed by atoms with Crippen LogP contribution in [-0.2, 0) is 6.54 Å². The number of nitriles is 1. The molecule has 1 aromatic rings. The summed E-state index contributed by atoms with van der Waals surface area (Å²) in [6.45, 7) is 10.7. The normalized spacial score (nSPS) is 46.9. The molecule has 0 saturated heterocycles. The Balaban J connectivity index is 1.34. The quantitative estimate of drug-likeness (QED) is 0.613. The van der Waals surface area contributed by atoms with Gasteiger partial charge >= 0.3 is 0 Å². The predicted octanol–water partition coefficient (Wildman–Crippen LogP) is 6.19. The van der Waals surface area contributed by atoms with Gasteiger partial charge in [0.25, 0.3) is 0 Å². The van der Waals surface area contributed by atoms with Gasteiger partial charge in [-0.25, -0.2) is 0 Å². The number of nitrogens with zero attached hydrogens (tertiary/aromatic N) is 3. The summed E-state index contributed by atoms with van der Waals surface area (Å²) < 4.78 is 2.00. The van der Waals surface area contributed by atoms with Crippen LogP contribution in [0.2, 0.25) is 0 Å². The number of aliphatic hydroxyl groups is 1. The van der Waals surface area contributed by atoms with Gasteiger partial charge in [0.1, 0.15) is 6.07 Å². The summed E-state index contributed by atoms with van der Waals surface area (Å²) in [4.78, 5) is 0. The van der Waals surface area contributed by atoms with Crippen LogP contribution < -0.4 is 0 Å². The molecule has 4 aliphatic rings. The summed E-state index contributed by atoms with van der Waals surface area (Å²) in [5.74, 6) is 4.75. The summed E-state index contributed by atoms with van der Waals surface area (Å²) in [6, 6.07) is 2.21. The molecule has 0 radical (unpaired) electrons. The van der Waals surface area contributed by atoms with Crippen molar-refractivity contribution in [3.8, 4) is 6.07 Å². The average Bonchev–Trinajstić information content (AvgIpc) is 3.32. The molecule has 4 nitrogen and oxygen atoms in total. The molecule has 1 N–H and O–H groups in total. The van der Waals surface area contributed by atoms with Gasteiger partial charge in [0, 0.05) is 12.7 Å². The third kappa shape index (κ3) is 3.54. The van der Waals surface area contributed by atoms with E-state index in [-0.39, 0.29) is 0 Å². The van der Waals surface area contributed by atoms with Gasteiger partial charge in [-0.1, -0.05) is 20.8 Å². The third-order valence-corrected chi connectivity index (χ3v) is 11.3. The topological polar surface area (TPSA) is 61.8 Å². The van der Waals surface area contributed by atoms with Crippen molar-refractivity contribution in [1.82, 2.24) is 9.78 Å². The van der Waals surface area contributed by atoms with Gasteiger partial charge in [0.05, 0.1) is 17.4 Å². The molecule has 0 aliphatic heterocycles. The molecule has 0 aromatic carbocycles. The van der Waals surface area contributed by atoms with Crippen molar-refractivity contribution in [2.24, 2.45) is 46.3 Å². The minimum absolute atomic E-state index is 0.428. The first-order valence-corrected chi connectivity index (χ1v) is 13.3. The smallest absolute Gasteiger partial charge is 0.102 e. The molecule has 1 heterocycles. The van der Waals surface area contributed by atoms with E-state index in [1.165, 1.54) is 51.4 Å². The monoisotopic (exact) mass is 437 g/mol. The Hall–Kier alpha value is -1.34. The van der Waals surface area contributed by atoms with E-state index in [1.807, 2.05) is 10.9 Å². The molecule has 5 rings (SSSR count). The summed E-state index contributed by atoms with van der Waals surface area (Å²) >= 11 is 0. The highest BCUT2D eigenvalue weighted by Crippen LogP contribution is 2.68. The van der Waals surface area contributed by atoms with Gasteiger partial charge in [-0.15, -0.1) is 0 Å². The maximum atomic E-state index is 10.8. The van der Waals surface area contributed by atoms with Gasteiger partial charge in [-0.3, -0.25) is 4.68 Å². The maximum Gasteiger partial charge on any atom is 0.102 e. The highest BCUT2D eigenvalue weighted by molar-refractivity contribution is 5.21.